The molecule has 0 radical (unpaired) electrons. The second kappa shape index (κ2) is 6.99. The van der Waals surface area contributed by atoms with E-state index in [2.05, 4.69) is 10.3 Å². The predicted octanol–water partition coefficient (Wildman–Crippen LogP) is 3.15. The van der Waals surface area contributed by atoms with Crippen LogP contribution in [0.2, 0.25) is 5.02 Å². The number of halogens is 1. The first kappa shape index (κ1) is 16.6. The molecule has 6 heteroatoms. The molecule has 1 aliphatic carbocycles. The third-order valence-corrected chi connectivity index (χ3v) is 4.88. The van der Waals surface area contributed by atoms with Gasteiger partial charge in [-0.3, -0.25) is 10.1 Å². The molecule has 0 spiro atoms. The number of methoxy groups -OCH3 is 1. The van der Waals surface area contributed by atoms with E-state index in [1.165, 1.54) is 7.11 Å². The van der Waals surface area contributed by atoms with Gasteiger partial charge in [0.15, 0.2) is 0 Å². The van der Waals surface area contributed by atoms with E-state index in [-0.39, 0.29) is 12.0 Å². The predicted molar refractivity (Wildman–Crippen MR) is 85.7 cm³/mol. The van der Waals surface area contributed by atoms with E-state index in [9.17, 15) is 4.79 Å². The van der Waals surface area contributed by atoms with Gasteiger partial charge in [0.2, 0.25) is 0 Å². The van der Waals surface area contributed by atoms with Crippen molar-refractivity contribution in [1.82, 2.24) is 10.3 Å². The van der Waals surface area contributed by atoms with E-state index in [4.69, 9.17) is 16.3 Å². The van der Waals surface area contributed by atoms with Gasteiger partial charge in [-0.25, -0.2) is 4.98 Å². The van der Waals surface area contributed by atoms with Crippen molar-refractivity contribution in [3.8, 4) is 0 Å². The summed E-state index contributed by atoms with van der Waals surface area (Å²) in [7, 11) is 1.45. The minimum atomic E-state index is -0.630. The molecule has 0 saturated heterocycles. The Kier molecular flexibility index (Phi) is 5.52. The average Bonchev–Trinajstić information content (AvgIpc) is 3.28. The molecule has 1 aromatic rings. The first-order valence-corrected chi connectivity index (χ1v) is 8.45. The van der Waals surface area contributed by atoms with Crippen molar-refractivity contribution in [3.05, 3.63) is 23.4 Å². The highest BCUT2D eigenvalue weighted by Gasteiger charge is 2.52. The van der Waals surface area contributed by atoms with Crippen molar-refractivity contribution in [1.29, 1.82) is 0 Å². The van der Waals surface area contributed by atoms with Crippen LogP contribution in [0.3, 0.4) is 0 Å². The molecule has 0 bridgehead atoms. The van der Waals surface area contributed by atoms with Gasteiger partial charge in [-0.2, -0.15) is 0 Å². The van der Waals surface area contributed by atoms with Gasteiger partial charge in [0.25, 0.3) is 0 Å². The molecule has 0 amide bonds. The third-order valence-electron chi connectivity index (χ3n) is 3.52. The second-order valence-electron chi connectivity index (χ2n) is 5.64. The van der Waals surface area contributed by atoms with E-state index < -0.39 is 5.54 Å². The molecule has 1 aromatic heterocycles. The zero-order chi connectivity index (χ0) is 15.5. The van der Waals surface area contributed by atoms with E-state index in [1.807, 2.05) is 26.0 Å². The number of nitrogens with one attached hydrogen (secondary N) is 1. The zero-order valence-electron chi connectivity index (χ0n) is 12.6. The maximum atomic E-state index is 12.4. The fourth-order valence-electron chi connectivity index (χ4n) is 2.47. The quantitative estimate of drug-likeness (QED) is 0.615. The number of ether oxygens (including phenoxy) is 1. The van der Waals surface area contributed by atoms with E-state index in [0.29, 0.717) is 16.7 Å². The van der Waals surface area contributed by atoms with Crippen molar-refractivity contribution in [2.75, 3.05) is 12.9 Å². The minimum Gasteiger partial charge on any atom is -0.468 e. The average molecular weight is 329 g/mol. The van der Waals surface area contributed by atoms with Gasteiger partial charge in [0.05, 0.1) is 17.2 Å². The Balaban J connectivity index is 2.14. The zero-order valence-corrected chi connectivity index (χ0v) is 14.1. The molecular weight excluding hydrogens is 308 g/mol. The van der Waals surface area contributed by atoms with Gasteiger partial charge < -0.3 is 4.74 Å². The van der Waals surface area contributed by atoms with Crippen LogP contribution in [0, 0.1) is 5.92 Å². The molecular formula is C15H21ClN2O2S. The summed E-state index contributed by atoms with van der Waals surface area (Å²) in [4.78, 5) is 16.7. The summed E-state index contributed by atoms with van der Waals surface area (Å²) < 4.78 is 5.07. The third kappa shape index (κ3) is 4.11. The van der Waals surface area contributed by atoms with Crippen LogP contribution in [0.5, 0.6) is 0 Å². The number of hydrogen-bond donors (Lipinski definition) is 1. The summed E-state index contributed by atoms with van der Waals surface area (Å²) in [5.74, 6) is 0.768. The SMILES string of the molecule is COC(=O)C(CSc1ccc(Cl)cn1)(NC(C)C)C1CC1. The van der Waals surface area contributed by atoms with Crippen molar-refractivity contribution in [3.63, 3.8) is 0 Å². The van der Waals surface area contributed by atoms with Crippen molar-refractivity contribution in [2.45, 2.75) is 43.3 Å². The number of carbonyl (C=O) groups is 1. The standard InChI is InChI=1S/C15H21ClN2O2S/c1-10(2)18-15(11-4-5-11,14(19)20-3)9-21-13-7-6-12(16)8-17-13/h6-8,10-11,18H,4-5,9H2,1-3H3. The molecule has 1 heterocycles. The highest BCUT2D eigenvalue weighted by molar-refractivity contribution is 7.99. The van der Waals surface area contributed by atoms with Crippen LogP contribution in [0.15, 0.2) is 23.4 Å². The number of aromatic nitrogens is 1. The van der Waals surface area contributed by atoms with Gasteiger partial charge in [-0.15, -0.1) is 11.8 Å². The van der Waals surface area contributed by atoms with Crippen LogP contribution < -0.4 is 5.32 Å². The smallest absolute Gasteiger partial charge is 0.327 e. The maximum Gasteiger partial charge on any atom is 0.327 e. The lowest BCUT2D eigenvalue weighted by Crippen LogP contribution is -2.59. The molecule has 1 unspecified atom stereocenters. The van der Waals surface area contributed by atoms with Crippen molar-refractivity contribution >= 4 is 29.3 Å². The fraction of sp³-hybridized carbons (Fsp3) is 0.600. The van der Waals surface area contributed by atoms with Crippen LogP contribution in [0.1, 0.15) is 26.7 Å². The Morgan fingerprint density at radius 3 is 2.76 bits per heavy atom. The summed E-state index contributed by atoms with van der Waals surface area (Å²) in [6, 6.07) is 3.89. The van der Waals surface area contributed by atoms with Crippen LogP contribution in [-0.4, -0.2) is 35.4 Å². The Morgan fingerprint density at radius 2 is 2.29 bits per heavy atom. The van der Waals surface area contributed by atoms with Crippen LogP contribution in [-0.2, 0) is 9.53 Å². The number of esters is 1. The van der Waals surface area contributed by atoms with Gasteiger partial charge in [-0.1, -0.05) is 11.6 Å². The lowest BCUT2D eigenvalue weighted by molar-refractivity contribution is -0.148. The maximum absolute atomic E-state index is 12.4. The molecule has 0 aliphatic heterocycles. The molecule has 1 N–H and O–H groups in total. The van der Waals surface area contributed by atoms with E-state index in [1.54, 1.807) is 18.0 Å². The second-order valence-corrected chi connectivity index (χ2v) is 7.07. The first-order valence-electron chi connectivity index (χ1n) is 7.08. The lowest BCUT2D eigenvalue weighted by atomic mass is 9.94. The summed E-state index contributed by atoms with van der Waals surface area (Å²) >= 11 is 7.40. The topological polar surface area (TPSA) is 51.2 Å². The van der Waals surface area contributed by atoms with E-state index in [0.717, 1.165) is 17.9 Å². The van der Waals surface area contributed by atoms with Crippen LogP contribution >= 0.6 is 23.4 Å². The number of nitrogens with zero attached hydrogens (tertiary/aromatic N) is 1. The molecule has 2 rings (SSSR count). The Bertz CT molecular complexity index is 491. The molecule has 4 nitrogen and oxygen atoms in total. The molecule has 0 aromatic carbocycles. The molecule has 1 atom stereocenters. The van der Waals surface area contributed by atoms with Crippen LogP contribution in [0.4, 0.5) is 0 Å². The Hall–Kier alpha value is -0.780. The molecule has 1 aliphatic rings. The molecule has 1 saturated carbocycles. The molecule has 1 fully saturated rings. The van der Waals surface area contributed by atoms with Gasteiger partial charge in [0.1, 0.15) is 5.54 Å². The van der Waals surface area contributed by atoms with Crippen molar-refractivity contribution < 1.29 is 9.53 Å². The monoisotopic (exact) mass is 328 g/mol. The Labute approximate surface area is 135 Å². The number of carbonyl (C=O) groups excluding carboxylic acids is 1. The summed E-state index contributed by atoms with van der Waals surface area (Å²) in [5, 5.41) is 4.91. The number of pyridine rings is 1. The lowest BCUT2D eigenvalue weighted by Gasteiger charge is -2.34. The highest BCUT2D eigenvalue weighted by Crippen LogP contribution is 2.43. The summed E-state index contributed by atoms with van der Waals surface area (Å²) in [6.07, 6.45) is 3.74. The number of hydrogen-bond acceptors (Lipinski definition) is 5. The fourth-order valence-corrected chi connectivity index (χ4v) is 3.69. The minimum absolute atomic E-state index is 0.180. The van der Waals surface area contributed by atoms with Gasteiger partial charge >= 0.3 is 5.97 Å². The summed E-state index contributed by atoms with van der Waals surface area (Å²) in [6.45, 7) is 4.09. The molecule has 116 valence electrons. The molecule has 21 heavy (non-hydrogen) atoms. The van der Waals surface area contributed by atoms with E-state index >= 15 is 0 Å². The highest BCUT2D eigenvalue weighted by atomic mass is 35.5. The largest absolute Gasteiger partial charge is 0.468 e. The van der Waals surface area contributed by atoms with Crippen LogP contribution in [0.25, 0.3) is 0 Å². The van der Waals surface area contributed by atoms with Gasteiger partial charge in [0, 0.05) is 18.0 Å². The summed E-state index contributed by atoms with van der Waals surface area (Å²) in [5.41, 5.74) is -0.630. The number of rotatable bonds is 7. The van der Waals surface area contributed by atoms with Crippen molar-refractivity contribution in [2.24, 2.45) is 5.92 Å². The van der Waals surface area contributed by atoms with Gasteiger partial charge in [-0.05, 0) is 44.7 Å². The Morgan fingerprint density at radius 1 is 1.57 bits per heavy atom. The number of thioether (sulfide) groups is 1. The normalized spacial score (nSPS) is 17.6. The first-order chi connectivity index (χ1) is 9.98.